The standard InChI is InChI=1S/C9H16.2CNO/c1-8(2)9-6-4-3-5-7-9;2*2-1-3/h3-7H2,1-2H3;;/q;2*-1. The molecule has 0 aromatic carbocycles. The molecule has 0 radical (unpaired) electrons. The van der Waals surface area contributed by atoms with Crippen molar-refractivity contribution >= 4 is 12.2 Å². The van der Waals surface area contributed by atoms with Crippen molar-refractivity contribution < 1.29 is 9.59 Å². The van der Waals surface area contributed by atoms with Gasteiger partial charge in [0.1, 0.15) is 0 Å². The molecule has 0 N–H and O–H groups in total. The summed E-state index contributed by atoms with van der Waals surface area (Å²) in [6, 6.07) is 0. The summed E-state index contributed by atoms with van der Waals surface area (Å²) in [5, 5.41) is 13.5. The molecule has 0 saturated heterocycles. The fourth-order valence-corrected chi connectivity index (χ4v) is 1.48. The summed E-state index contributed by atoms with van der Waals surface area (Å²) in [6.45, 7) is 4.47. The number of nitrogens with zero attached hydrogens (tertiary/aromatic N) is 2. The van der Waals surface area contributed by atoms with Crippen LogP contribution in [0.5, 0.6) is 0 Å². The van der Waals surface area contributed by atoms with Crippen molar-refractivity contribution in [2.75, 3.05) is 0 Å². The number of rotatable bonds is 0. The Kier molecular flexibility index (Phi) is 13.3. The normalized spacial score (nSPS) is 13.1. The highest BCUT2D eigenvalue weighted by Crippen LogP contribution is 2.24. The van der Waals surface area contributed by atoms with Crippen LogP contribution in [0.15, 0.2) is 11.1 Å². The van der Waals surface area contributed by atoms with Gasteiger partial charge in [-0.3, -0.25) is 9.59 Å². The van der Waals surface area contributed by atoms with Crippen LogP contribution in [0.25, 0.3) is 10.8 Å². The number of hydrogen-bond acceptors (Lipinski definition) is 2. The summed E-state index contributed by atoms with van der Waals surface area (Å²) >= 11 is 0. The highest BCUT2D eigenvalue weighted by Gasteiger charge is 2.05. The van der Waals surface area contributed by atoms with E-state index in [4.69, 9.17) is 20.4 Å². The first-order valence-corrected chi connectivity index (χ1v) is 4.81. The van der Waals surface area contributed by atoms with Gasteiger partial charge in [-0.2, -0.15) is 0 Å². The molecule has 1 aliphatic carbocycles. The number of carbonyl (C=O) groups excluding carboxylic acids is 2. The van der Waals surface area contributed by atoms with Crippen molar-refractivity contribution in [3.8, 4) is 0 Å². The number of allylic oxidation sites excluding steroid dienone is 2. The maximum atomic E-state index is 8.24. The first kappa shape index (κ1) is 15.9. The molecule has 1 aliphatic rings. The van der Waals surface area contributed by atoms with E-state index in [1.807, 2.05) is 0 Å². The smallest absolute Gasteiger partial charge is 0.0159 e. The minimum atomic E-state index is 0.500. The molecule has 1 fully saturated rings. The van der Waals surface area contributed by atoms with Crippen LogP contribution in [0.2, 0.25) is 0 Å². The first-order valence-electron chi connectivity index (χ1n) is 4.81. The van der Waals surface area contributed by atoms with E-state index in [-0.39, 0.29) is 0 Å². The first-order chi connectivity index (χ1) is 7.13. The molecule has 84 valence electrons. The topological polar surface area (TPSA) is 78.7 Å². The van der Waals surface area contributed by atoms with Crippen molar-refractivity contribution in [3.05, 3.63) is 22.0 Å². The lowest BCUT2D eigenvalue weighted by Crippen LogP contribution is -1.94. The second kappa shape index (κ2) is 12.5. The average molecular weight is 208 g/mol. The van der Waals surface area contributed by atoms with Gasteiger partial charge in [-0.15, -0.1) is 0 Å². The lowest BCUT2D eigenvalue weighted by Gasteiger charge is -2.14. The zero-order chi connectivity index (χ0) is 12.1. The molecule has 1 saturated carbocycles. The van der Waals surface area contributed by atoms with Crippen LogP contribution in [0.3, 0.4) is 0 Å². The van der Waals surface area contributed by atoms with Gasteiger partial charge >= 0.3 is 0 Å². The Bertz CT molecular complexity index is 234. The average Bonchev–Trinajstić information content (AvgIpc) is 2.21. The maximum absolute atomic E-state index is 8.24. The van der Waals surface area contributed by atoms with Gasteiger partial charge in [0.25, 0.3) is 0 Å². The van der Waals surface area contributed by atoms with E-state index >= 15 is 0 Å². The SMILES string of the molecule is CC(C)=C1CCCCC1.[N-]=C=O.[N-]=C=O. The predicted octanol–water partition coefficient (Wildman–Crippen LogP) is 3.07. The lowest BCUT2D eigenvalue weighted by molar-refractivity contribution is 0.568. The van der Waals surface area contributed by atoms with E-state index in [9.17, 15) is 0 Å². The minimum absolute atomic E-state index is 0.500. The van der Waals surface area contributed by atoms with E-state index < -0.39 is 0 Å². The van der Waals surface area contributed by atoms with Crippen LogP contribution in [-0.2, 0) is 9.59 Å². The summed E-state index contributed by atoms with van der Waals surface area (Å²) in [7, 11) is 0. The molecule has 4 nitrogen and oxygen atoms in total. The largest absolute Gasteiger partial charge is 0.724 e. The monoisotopic (exact) mass is 208 g/mol. The molecule has 0 bridgehead atoms. The third-order valence-corrected chi connectivity index (χ3v) is 2.16. The second-order valence-corrected chi connectivity index (χ2v) is 3.35. The van der Waals surface area contributed by atoms with Crippen LogP contribution >= 0.6 is 0 Å². The van der Waals surface area contributed by atoms with Gasteiger partial charge < -0.3 is 10.8 Å². The van der Waals surface area contributed by atoms with Gasteiger partial charge in [-0.25, -0.2) is 0 Å². The zero-order valence-corrected chi connectivity index (χ0v) is 9.25. The molecule has 0 spiro atoms. The van der Waals surface area contributed by atoms with Gasteiger partial charge in [0.2, 0.25) is 0 Å². The number of isocyanates is 2. The Morgan fingerprint density at radius 3 is 1.53 bits per heavy atom. The van der Waals surface area contributed by atoms with E-state index in [2.05, 4.69) is 13.8 Å². The summed E-state index contributed by atoms with van der Waals surface area (Å²) < 4.78 is 0. The van der Waals surface area contributed by atoms with Gasteiger partial charge in [-0.05, 0) is 51.7 Å². The molecule has 0 unspecified atom stereocenters. The highest BCUT2D eigenvalue weighted by atomic mass is 16.1. The highest BCUT2D eigenvalue weighted by molar-refractivity contribution is 5.37. The van der Waals surface area contributed by atoms with Gasteiger partial charge in [-0.1, -0.05) is 17.6 Å². The third kappa shape index (κ3) is 12.5. The fraction of sp³-hybridized carbons (Fsp3) is 0.636. The summed E-state index contributed by atoms with van der Waals surface area (Å²) in [5.41, 5.74) is 3.29. The maximum Gasteiger partial charge on any atom is -0.0159 e. The zero-order valence-electron chi connectivity index (χ0n) is 9.25. The molecular formula is C11H16N2O2-2. The van der Waals surface area contributed by atoms with Crippen LogP contribution in [0, 0.1) is 0 Å². The summed E-state index contributed by atoms with van der Waals surface area (Å²) in [6.07, 6.45) is 8.07. The Balaban J connectivity index is 0. The van der Waals surface area contributed by atoms with Crippen LogP contribution in [-0.4, -0.2) is 12.2 Å². The number of hydrogen-bond donors (Lipinski definition) is 0. The Hall–Kier alpha value is -1.50. The van der Waals surface area contributed by atoms with E-state index in [1.165, 1.54) is 32.1 Å². The van der Waals surface area contributed by atoms with Crippen molar-refractivity contribution in [1.29, 1.82) is 0 Å². The van der Waals surface area contributed by atoms with E-state index in [1.54, 1.807) is 11.1 Å². The molecule has 0 heterocycles. The van der Waals surface area contributed by atoms with E-state index in [0.29, 0.717) is 12.2 Å². The van der Waals surface area contributed by atoms with Crippen molar-refractivity contribution in [2.24, 2.45) is 0 Å². The van der Waals surface area contributed by atoms with Crippen molar-refractivity contribution in [2.45, 2.75) is 46.0 Å². The molecule has 0 aliphatic heterocycles. The van der Waals surface area contributed by atoms with Gasteiger partial charge in [0.05, 0.1) is 0 Å². The Labute approximate surface area is 90.4 Å². The van der Waals surface area contributed by atoms with Crippen LogP contribution in [0.4, 0.5) is 0 Å². The second-order valence-electron chi connectivity index (χ2n) is 3.35. The van der Waals surface area contributed by atoms with Crippen molar-refractivity contribution in [3.63, 3.8) is 0 Å². The molecule has 15 heavy (non-hydrogen) atoms. The summed E-state index contributed by atoms with van der Waals surface area (Å²) in [5.74, 6) is 0. The fourth-order valence-electron chi connectivity index (χ4n) is 1.48. The van der Waals surface area contributed by atoms with Gasteiger partial charge in [0, 0.05) is 0 Å². The van der Waals surface area contributed by atoms with E-state index in [0.717, 1.165) is 0 Å². The predicted molar refractivity (Wildman–Crippen MR) is 59.6 cm³/mol. The Morgan fingerprint density at radius 2 is 1.33 bits per heavy atom. The lowest BCUT2D eigenvalue weighted by atomic mass is 9.92. The Morgan fingerprint density at radius 1 is 1.00 bits per heavy atom. The summed E-state index contributed by atoms with van der Waals surface area (Å²) in [4.78, 5) is 16.5. The van der Waals surface area contributed by atoms with Crippen LogP contribution in [0.1, 0.15) is 46.0 Å². The quantitative estimate of drug-likeness (QED) is 0.348. The minimum Gasteiger partial charge on any atom is -0.724 e. The molecule has 0 aromatic heterocycles. The molecular weight excluding hydrogens is 192 g/mol. The molecule has 4 heteroatoms. The van der Waals surface area contributed by atoms with Crippen LogP contribution < -0.4 is 0 Å². The third-order valence-electron chi connectivity index (χ3n) is 2.16. The van der Waals surface area contributed by atoms with Crippen molar-refractivity contribution in [1.82, 2.24) is 0 Å². The molecule has 0 amide bonds. The molecule has 0 aromatic rings. The molecule has 0 atom stereocenters. The molecule has 1 rings (SSSR count). The van der Waals surface area contributed by atoms with Gasteiger partial charge in [0.15, 0.2) is 0 Å².